The van der Waals surface area contributed by atoms with Crippen molar-refractivity contribution in [1.82, 2.24) is 0 Å². The van der Waals surface area contributed by atoms with Crippen LogP contribution >= 0.6 is 47.8 Å². The second-order valence-electron chi connectivity index (χ2n) is 4.76. The standard InChI is InChI=1S/C15H21Br3O2/c1-19-8-2-9-20-10-7-15(11-16,12-17)13-3-5-14(18)6-4-13/h3-6H,2,7-12H2,1H3. The number of benzene rings is 1. The maximum atomic E-state index is 5.71. The van der Waals surface area contributed by atoms with E-state index >= 15 is 0 Å². The third-order valence-corrected chi connectivity index (χ3v) is 6.01. The van der Waals surface area contributed by atoms with Gasteiger partial charge >= 0.3 is 0 Å². The second kappa shape index (κ2) is 10.3. The number of halogens is 3. The number of rotatable bonds is 10. The molecule has 0 heterocycles. The molecule has 0 saturated heterocycles. The van der Waals surface area contributed by atoms with Crippen LogP contribution in [-0.2, 0) is 14.9 Å². The second-order valence-corrected chi connectivity index (χ2v) is 6.80. The van der Waals surface area contributed by atoms with Crippen LogP contribution in [0.15, 0.2) is 28.7 Å². The van der Waals surface area contributed by atoms with Gasteiger partial charge in [-0.1, -0.05) is 59.9 Å². The highest BCUT2D eigenvalue weighted by Gasteiger charge is 2.29. The largest absolute Gasteiger partial charge is 0.385 e. The molecule has 0 bridgehead atoms. The Labute approximate surface area is 147 Å². The molecular formula is C15H21Br3O2. The molecule has 0 radical (unpaired) electrons. The van der Waals surface area contributed by atoms with E-state index in [9.17, 15) is 0 Å². The molecule has 0 aromatic heterocycles. The lowest BCUT2D eigenvalue weighted by Crippen LogP contribution is -2.32. The lowest BCUT2D eigenvalue weighted by Gasteiger charge is -2.30. The Balaban J connectivity index is 2.56. The predicted octanol–water partition coefficient (Wildman–Crippen LogP) is 4.92. The first-order chi connectivity index (χ1) is 9.68. The number of ether oxygens (including phenoxy) is 2. The van der Waals surface area contributed by atoms with Crippen molar-refractivity contribution in [3.05, 3.63) is 34.3 Å². The normalized spacial score (nSPS) is 11.8. The van der Waals surface area contributed by atoms with Gasteiger partial charge in [-0.2, -0.15) is 0 Å². The van der Waals surface area contributed by atoms with Crippen LogP contribution in [0.5, 0.6) is 0 Å². The molecule has 5 heteroatoms. The molecule has 2 nitrogen and oxygen atoms in total. The van der Waals surface area contributed by atoms with Crippen LogP contribution in [0.25, 0.3) is 0 Å². The molecule has 1 aromatic carbocycles. The molecule has 114 valence electrons. The van der Waals surface area contributed by atoms with Crippen LogP contribution in [-0.4, -0.2) is 37.6 Å². The number of hydrogen-bond acceptors (Lipinski definition) is 2. The Morgan fingerprint density at radius 2 is 1.65 bits per heavy atom. The number of alkyl halides is 2. The van der Waals surface area contributed by atoms with E-state index in [1.54, 1.807) is 7.11 Å². The fourth-order valence-corrected chi connectivity index (χ4v) is 4.35. The zero-order valence-electron chi connectivity index (χ0n) is 11.7. The van der Waals surface area contributed by atoms with Crippen LogP contribution < -0.4 is 0 Å². The van der Waals surface area contributed by atoms with Gasteiger partial charge in [0.1, 0.15) is 0 Å². The van der Waals surface area contributed by atoms with Crippen molar-refractivity contribution in [1.29, 1.82) is 0 Å². The molecule has 1 rings (SSSR count). The van der Waals surface area contributed by atoms with E-state index in [0.717, 1.165) is 47.8 Å². The molecule has 0 saturated carbocycles. The predicted molar refractivity (Wildman–Crippen MR) is 95.3 cm³/mol. The first kappa shape index (κ1) is 18.6. The minimum absolute atomic E-state index is 0.0714. The van der Waals surface area contributed by atoms with Gasteiger partial charge < -0.3 is 9.47 Å². The van der Waals surface area contributed by atoms with Gasteiger partial charge in [-0.25, -0.2) is 0 Å². The van der Waals surface area contributed by atoms with E-state index in [-0.39, 0.29) is 5.41 Å². The van der Waals surface area contributed by atoms with E-state index in [1.807, 2.05) is 0 Å². The minimum Gasteiger partial charge on any atom is -0.385 e. The third kappa shape index (κ3) is 5.76. The van der Waals surface area contributed by atoms with Crippen LogP contribution in [0.2, 0.25) is 0 Å². The van der Waals surface area contributed by atoms with Crippen molar-refractivity contribution in [3.8, 4) is 0 Å². The molecule has 0 aliphatic heterocycles. The van der Waals surface area contributed by atoms with Crippen molar-refractivity contribution in [2.24, 2.45) is 0 Å². The van der Waals surface area contributed by atoms with Crippen molar-refractivity contribution in [2.75, 3.05) is 37.6 Å². The van der Waals surface area contributed by atoms with Crippen molar-refractivity contribution < 1.29 is 9.47 Å². The van der Waals surface area contributed by atoms with Gasteiger partial charge in [-0.3, -0.25) is 0 Å². The average molecular weight is 473 g/mol. The van der Waals surface area contributed by atoms with E-state index in [0.29, 0.717) is 0 Å². The Morgan fingerprint density at radius 3 is 2.20 bits per heavy atom. The van der Waals surface area contributed by atoms with Crippen LogP contribution in [0.4, 0.5) is 0 Å². The summed E-state index contributed by atoms with van der Waals surface area (Å²) in [6.07, 6.45) is 1.93. The molecule has 0 unspecified atom stereocenters. The van der Waals surface area contributed by atoms with Crippen molar-refractivity contribution in [2.45, 2.75) is 18.3 Å². The molecule has 0 atom stereocenters. The topological polar surface area (TPSA) is 18.5 Å². The third-order valence-electron chi connectivity index (χ3n) is 3.33. The molecule has 0 fully saturated rings. The van der Waals surface area contributed by atoms with Gasteiger partial charge in [0.05, 0.1) is 0 Å². The average Bonchev–Trinajstić information content (AvgIpc) is 2.48. The quantitative estimate of drug-likeness (QED) is 0.355. The SMILES string of the molecule is COCCCOCCC(CBr)(CBr)c1ccc(Br)cc1. The van der Waals surface area contributed by atoms with Crippen LogP contribution in [0.3, 0.4) is 0 Å². The molecule has 0 amide bonds. The summed E-state index contributed by atoms with van der Waals surface area (Å²) in [5.74, 6) is 0. The summed E-state index contributed by atoms with van der Waals surface area (Å²) in [5.41, 5.74) is 1.40. The van der Waals surface area contributed by atoms with Crippen LogP contribution in [0.1, 0.15) is 18.4 Å². The summed E-state index contributed by atoms with van der Waals surface area (Å²) < 4.78 is 11.8. The zero-order valence-corrected chi connectivity index (χ0v) is 16.5. The summed E-state index contributed by atoms with van der Waals surface area (Å²) in [7, 11) is 1.72. The van der Waals surface area contributed by atoms with Gasteiger partial charge in [0.25, 0.3) is 0 Å². The molecule has 0 aliphatic rings. The van der Waals surface area contributed by atoms with Crippen molar-refractivity contribution >= 4 is 47.8 Å². The number of hydrogen-bond donors (Lipinski definition) is 0. The zero-order chi connectivity index (χ0) is 14.8. The van der Waals surface area contributed by atoms with E-state index < -0.39 is 0 Å². The van der Waals surface area contributed by atoms with E-state index in [1.165, 1.54) is 5.56 Å². The summed E-state index contributed by atoms with van der Waals surface area (Å²) in [6, 6.07) is 8.54. The summed E-state index contributed by atoms with van der Waals surface area (Å²) in [4.78, 5) is 0. The Morgan fingerprint density at radius 1 is 1.00 bits per heavy atom. The Bertz CT molecular complexity index is 364. The smallest absolute Gasteiger partial charge is 0.0487 e. The molecule has 0 aliphatic carbocycles. The van der Waals surface area contributed by atoms with Gasteiger partial charge in [-0.15, -0.1) is 0 Å². The maximum absolute atomic E-state index is 5.71. The first-order valence-corrected chi connectivity index (χ1v) is 9.67. The highest BCUT2D eigenvalue weighted by Crippen LogP contribution is 2.33. The van der Waals surface area contributed by atoms with Crippen molar-refractivity contribution in [3.63, 3.8) is 0 Å². The summed E-state index contributed by atoms with van der Waals surface area (Å²) in [5, 5.41) is 1.82. The lowest BCUT2D eigenvalue weighted by atomic mass is 9.82. The fourth-order valence-electron chi connectivity index (χ4n) is 1.95. The number of methoxy groups -OCH3 is 1. The van der Waals surface area contributed by atoms with E-state index in [4.69, 9.17) is 9.47 Å². The molecule has 0 spiro atoms. The molecular weight excluding hydrogens is 452 g/mol. The molecule has 1 aromatic rings. The Kier molecular flexibility index (Phi) is 9.62. The fraction of sp³-hybridized carbons (Fsp3) is 0.600. The van der Waals surface area contributed by atoms with Gasteiger partial charge in [0.2, 0.25) is 0 Å². The van der Waals surface area contributed by atoms with E-state index in [2.05, 4.69) is 72.1 Å². The highest BCUT2D eigenvalue weighted by molar-refractivity contribution is 9.10. The highest BCUT2D eigenvalue weighted by atomic mass is 79.9. The van der Waals surface area contributed by atoms with Gasteiger partial charge in [-0.05, 0) is 30.5 Å². The maximum Gasteiger partial charge on any atom is 0.0487 e. The van der Waals surface area contributed by atoms with Crippen LogP contribution in [0, 0.1) is 0 Å². The lowest BCUT2D eigenvalue weighted by molar-refractivity contribution is 0.0935. The molecule has 0 N–H and O–H groups in total. The minimum atomic E-state index is 0.0714. The van der Waals surface area contributed by atoms with Gasteiger partial charge in [0, 0.05) is 47.5 Å². The summed E-state index contributed by atoms with van der Waals surface area (Å²) in [6.45, 7) is 2.28. The molecule has 20 heavy (non-hydrogen) atoms. The van der Waals surface area contributed by atoms with Gasteiger partial charge in [0.15, 0.2) is 0 Å². The first-order valence-electron chi connectivity index (χ1n) is 6.63. The monoisotopic (exact) mass is 470 g/mol. The summed E-state index contributed by atoms with van der Waals surface area (Å²) >= 11 is 10.8. The Hall–Kier alpha value is 0.580.